The van der Waals surface area contributed by atoms with Crippen molar-refractivity contribution >= 4 is 17.4 Å². The van der Waals surface area contributed by atoms with Crippen LogP contribution >= 0.6 is 0 Å². The van der Waals surface area contributed by atoms with Crippen LogP contribution in [0, 0.1) is 13.8 Å². The second kappa shape index (κ2) is 7.87. The fourth-order valence-corrected chi connectivity index (χ4v) is 2.84. The average Bonchev–Trinajstić information content (AvgIpc) is 2.70. The van der Waals surface area contributed by atoms with Crippen LogP contribution < -0.4 is 10.1 Å². The van der Waals surface area contributed by atoms with E-state index in [0.717, 1.165) is 11.1 Å². The fourth-order valence-electron chi connectivity index (χ4n) is 2.84. The molecule has 0 saturated carbocycles. The SMILES string of the molecule is COc1ccc(C(=O)Nc2cccc(C(=O)c3cccc(C)c3C)c2)cc1. The van der Waals surface area contributed by atoms with Gasteiger partial charge in [-0.3, -0.25) is 9.59 Å². The molecule has 0 unspecified atom stereocenters. The number of anilines is 1. The summed E-state index contributed by atoms with van der Waals surface area (Å²) in [4.78, 5) is 25.3. The van der Waals surface area contributed by atoms with E-state index in [1.54, 1.807) is 55.6 Å². The Morgan fingerprint density at radius 3 is 2.26 bits per heavy atom. The number of benzene rings is 3. The molecule has 0 saturated heterocycles. The van der Waals surface area contributed by atoms with Crippen molar-refractivity contribution in [3.8, 4) is 5.75 Å². The first-order chi connectivity index (χ1) is 13.0. The Labute approximate surface area is 158 Å². The number of methoxy groups -OCH3 is 1. The third-order valence-corrected chi connectivity index (χ3v) is 4.58. The summed E-state index contributed by atoms with van der Waals surface area (Å²) in [5, 5.41) is 2.84. The van der Waals surface area contributed by atoms with Gasteiger partial charge in [0.2, 0.25) is 0 Å². The number of hydrogen-bond acceptors (Lipinski definition) is 3. The zero-order valence-corrected chi connectivity index (χ0v) is 15.6. The number of carbonyl (C=O) groups excluding carboxylic acids is 2. The van der Waals surface area contributed by atoms with Gasteiger partial charge >= 0.3 is 0 Å². The van der Waals surface area contributed by atoms with Crippen LogP contribution in [0.1, 0.15) is 37.4 Å². The number of carbonyl (C=O) groups is 2. The summed E-state index contributed by atoms with van der Waals surface area (Å²) in [7, 11) is 1.58. The summed E-state index contributed by atoms with van der Waals surface area (Å²) in [6, 6.07) is 19.5. The molecule has 3 aromatic carbocycles. The van der Waals surface area contributed by atoms with Gasteiger partial charge in [-0.05, 0) is 61.4 Å². The molecular formula is C23H21NO3. The average molecular weight is 359 g/mol. The van der Waals surface area contributed by atoms with Crippen molar-refractivity contribution in [3.05, 3.63) is 94.5 Å². The molecule has 136 valence electrons. The summed E-state index contributed by atoms with van der Waals surface area (Å²) in [5.74, 6) is 0.387. The van der Waals surface area contributed by atoms with Gasteiger partial charge in [0.15, 0.2) is 5.78 Å². The van der Waals surface area contributed by atoms with Crippen molar-refractivity contribution in [3.63, 3.8) is 0 Å². The van der Waals surface area contributed by atoms with Gasteiger partial charge in [0.05, 0.1) is 7.11 Å². The maximum absolute atomic E-state index is 12.9. The Balaban J connectivity index is 1.81. The molecule has 1 amide bonds. The van der Waals surface area contributed by atoms with Crippen LogP contribution in [0.5, 0.6) is 5.75 Å². The number of ether oxygens (including phenoxy) is 1. The van der Waals surface area contributed by atoms with Gasteiger partial charge in [0.1, 0.15) is 5.75 Å². The summed E-state index contributed by atoms with van der Waals surface area (Å²) in [6.45, 7) is 3.93. The molecule has 0 fully saturated rings. The van der Waals surface area contributed by atoms with Crippen molar-refractivity contribution < 1.29 is 14.3 Å². The van der Waals surface area contributed by atoms with Gasteiger partial charge in [-0.2, -0.15) is 0 Å². The first kappa shape index (κ1) is 18.4. The molecule has 0 radical (unpaired) electrons. The van der Waals surface area contributed by atoms with Crippen LogP contribution in [-0.2, 0) is 0 Å². The predicted octanol–water partition coefficient (Wildman–Crippen LogP) is 4.80. The lowest BCUT2D eigenvalue weighted by molar-refractivity contribution is 0.102. The van der Waals surface area contributed by atoms with Crippen LogP contribution in [0.15, 0.2) is 66.7 Å². The molecule has 4 heteroatoms. The topological polar surface area (TPSA) is 55.4 Å². The third-order valence-electron chi connectivity index (χ3n) is 4.58. The van der Waals surface area contributed by atoms with E-state index in [4.69, 9.17) is 4.74 Å². The van der Waals surface area contributed by atoms with Crippen molar-refractivity contribution in [2.75, 3.05) is 12.4 Å². The third kappa shape index (κ3) is 4.06. The monoisotopic (exact) mass is 359 g/mol. The normalized spacial score (nSPS) is 10.3. The molecule has 4 nitrogen and oxygen atoms in total. The van der Waals surface area contributed by atoms with E-state index in [0.29, 0.717) is 28.1 Å². The Hall–Kier alpha value is -3.40. The van der Waals surface area contributed by atoms with Crippen LogP contribution in [0.2, 0.25) is 0 Å². The lowest BCUT2D eigenvalue weighted by Gasteiger charge is -2.10. The Morgan fingerprint density at radius 1 is 0.852 bits per heavy atom. The van der Waals surface area contributed by atoms with Crippen molar-refractivity contribution in [2.24, 2.45) is 0 Å². The quantitative estimate of drug-likeness (QED) is 0.666. The Bertz CT molecular complexity index is 991. The minimum Gasteiger partial charge on any atom is -0.497 e. The Kier molecular flexibility index (Phi) is 5.36. The summed E-state index contributed by atoms with van der Waals surface area (Å²) < 4.78 is 5.10. The molecule has 27 heavy (non-hydrogen) atoms. The van der Waals surface area contributed by atoms with E-state index in [-0.39, 0.29) is 11.7 Å². The molecule has 0 aliphatic heterocycles. The van der Waals surface area contributed by atoms with E-state index in [9.17, 15) is 9.59 Å². The highest BCUT2D eigenvalue weighted by molar-refractivity contribution is 6.11. The molecule has 0 bridgehead atoms. The molecule has 0 spiro atoms. The second-order valence-electron chi connectivity index (χ2n) is 6.34. The zero-order chi connectivity index (χ0) is 19.4. The van der Waals surface area contributed by atoms with Gasteiger partial charge < -0.3 is 10.1 Å². The first-order valence-corrected chi connectivity index (χ1v) is 8.66. The van der Waals surface area contributed by atoms with Crippen LogP contribution in [-0.4, -0.2) is 18.8 Å². The molecule has 3 rings (SSSR count). The molecule has 1 N–H and O–H groups in total. The van der Waals surface area contributed by atoms with E-state index in [2.05, 4.69) is 5.32 Å². The van der Waals surface area contributed by atoms with Gasteiger partial charge in [-0.1, -0.05) is 30.3 Å². The lowest BCUT2D eigenvalue weighted by Crippen LogP contribution is -2.12. The smallest absolute Gasteiger partial charge is 0.255 e. The van der Waals surface area contributed by atoms with Crippen LogP contribution in [0.4, 0.5) is 5.69 Å². The lowest BCUT2D eigenvalue weighted by atomic mass is 9.96. The molecule has 0 heterocycles. The maximum Gasteiger partial charge on any atom is 0.255 e. The van der Waals surface area contributed by atoms with E-state index in [1.165, 1.54) is 0 Å². The van der Waals surface area contributed by atoms with Gasteiger partial charge in [-0.15, -0.1) is 0 Å². The van der Waals surface area contributed by atoms with Gasteiger partial charge in [0, 0.05) is 22.4 Å². The minimum atomic E-state index is -0.242. The highest BCUT2D eigenvalue weighted by Crippen LogP contribution is 2.20. The number of rotatable bonds is 5. The van der Waals surface area contributed by atoms with E-state index in [1.807, 2.05) is 32.0 Å². The summed E-state index contributed by atoms with van der Waals surface area (Å²) in [5.41, 5.74) is 4.35. The van der Waals surface area contributed by atoms with Crippen molar-refractivity contribution in [1.82, 2.24) is 0 Å². The highest BCUT2D eigenvalue weighted by Gasteiger charge is 2.14. The number of aryl methyl sites for hydroxylation is 1. The standard InChI is InChI=1S/C23H21NO3/c1-15-6-4-9-21(16(15)2)22(25)18-7-5-8-19(14-18)24-23(26)17-10-12-20(27-3)13-11-17/h4-14H,1-3H3,(H,24,26). The molecule has 0 aliphatic rings. The highest BCUT2D eigenvalue weighted by atomic mass is 16.5. The summed E-state index contributed by atoms with van der Waals surface area (Å²) >= 11 is 0. The molecule has 0 aromatic heterocycles. The van der Waals surface area contributed by atoms with Gasteiger partial charge in [-0.25, -0.2) is 0 Å². The van der Waals surface area contributed by atoms with Crippen LogP contribution in [0.25, 0.3) is 0 Å². The number of hydrogen-bond donors (Lipinski definition) is 1. The number of ketones is 1. The summed E-state index contributed by atoms with van der Waals surface area (Å²) in [6.07, 6.45) is 0. The molecule has 3 aromatic rings. The first-order valence-electron chi connectivity index (χ1n) is 8.66. The maximum atomic E-state index is 12.9. The van der Waals surface area contributed by atoms with Gasteiger partial charge in [0.25, 0.3) is 5.91 Å². The molecular weight excluding hydrogens is 338 g/mol. The van der Waals surface area contributed by atoms with Crippen molar-refractivity contribution in [1.29, 1.82) is 0 Å². The number of nitrogens with one attached hydrogen (secondary N) is 1. The van der Waals surface area contributed by atoms with E-state index < -0.39 is 0 Å². The van der Waals surface area contributed by atoms with Crippen LogP contribution in [0.3, 0.4) is 0 Å². The second-order valence-corrected chi connectivity index (χ2v) is 6.34. The fraction of sp³-hybridized carbons (Fsp3) is 0.130. The van der Waals surface area contributed by atoms with Crippen molar-refractivity contribution in [2.45, 2.75) is 13.8 Å². The van der Waals surface area contributed by atoms with E-state index >= 15 is 0 Å². The molecule has 0 atom stereocenters. The Morgan fingerprint density at radius 2 is 1.56 bits per heavy atom. The molecule has 0 aliphatic carbocycles. The number of amides is 1. The minimum absolute atomic E-state index is 0.0586. The largest absolute Gasteiger partial charge is 0.497 e. The zero-order valence-electron chi connectivity index (χ0n) is 15.6. The predicted molar refractivity (Wildman–Crippen MR) is 107 cm³/mol.